The van der Waals surface area contributed by atoms with Crippen LogP contribution in [0.5, 0.6) is 5.88 Å². The molecule has 2 heterocycles. The van der Waals surface area contributed by atoms with Crippen LogP contribution in [0.1, 0.15) is 42.9 Å². The van der Waals surface area contributed by atoms with Crippen molar-refractivity contribution in [2.24, 2.45) is 16.6 Å². The van der Waals surface area contributed by atoms with Crippen molar-refractivity contribution in [1.82, 2.24) is 20.3 Å². The fourth-order valence-corrected chi connectivity index (χ4v) is 2.22. The lowest BCUT2D eigenvalue weighted by Crippen LogP contribution is -2.29. The van der Waals surface area contributed by atoms with Gasteiger partial charge in [0.05, 0.1) is 6.04 Å². The first-order valence-electron chi connectivity index (χ1n) is 9.40. The van der Waals surface area contributed by atoms with E-state index in [1.165, 1.54) is 30.6 Å². The molecule has 4 N–H and O–H groups in total. The molecule has 12 heteroatoms. The Morgan fingerprint density at radius 3 is 2.58 bits per heavy atom. The van der Waals surface area contributed by atoms with E-state index in [-0.39, 0.29) is 23.5 Å². The zero-order valence-electron chi connectivity index (χ0n) is 17.3. The number of nitrogens with one attached hydrogen (secondary N) is 2. The van der Waals surface area contributed by atoms with Gasteiger partial charge in [-0.2, -0.15) is 13.2 Å². The Labute approximate surface area is 177 Å². The van der Waals surface area contributed by atoms with Crippen LogP contribution >= 0.6 is 0 Å². The molecule has 0 bridgehead atoms. The fourth-order valence-electron chi connectivity index (χ4n) is 2.22. The van der Waals surface area contributed by atoms with Crippen molar-refractivity contribution in [2.75, 3.05) is 18.5 Å². The SMILES string of the molecule is CC(C)CN=C(N)Nc1nccc(C(=O)NC(C)c2ccc(OCC(F)(F)F)nc2)n1. The van der Waals surface area contributed by atoms with Crippen LogP contribution in [0, 0.1) is 5.92 Å². The molecule has 2 aromatic heterocycles. The highest BCUT2D eigenvalue weighted by molar-refractivity contribution is 5.94. The van der Waals surface area contributed by atoms with E-state index in [0.717, 1.165) is 0 Å². The second-order valence-electron chi connectivity index (χ2n) is 7.04. The molecule has 31 heavy (non-hydrogen) atoms. The minimum absolute atomic E-state index is 0.0964. The number of rotatable bonds is 8. The van der Waals surface area contributed by atoms with Crippen LogP contribution in [0.2, 0.25) is 0 Å². The van der Waals surface area contributed by atoms with Gasteiger partial charge in [0, 0.05) is 25.0 Å². The average Bonchev–Trinajstić information content (AvgIpc) is 2.70. The molecule has 0 fully saturated rings. The van der Waals surface area contributed by atoms with Crippen LogP contribution in [0.4, 0.5) is 19.1 Å². The van der Waals surface area contributed by atoms with Gasteiger partial charge < -0.3 is 15.8 Å². The number of pyridine rings is 1. The molecule has 1 unspecified atom stereocenters. The molecule has 1 amide bonds. The van der Waals surface area contributed by atoms with Crippen molar-refractivity contribution in [3.05, 3.63) is 41.9 Å². The van der Waals surface area contributed by atoms with Crippen molar-refractivity contribution in [3.63, 3.8) is 0 Å². The third-order valence-electron chi connectivity index (χ3n) is 3.75. The largest absolute Gasteiger partial charge is 0.468 e. The van der Waals surface area contributed by atoms with Gasteiger partial charge in [-0.3, -0.25) is 15.1 Å². The first-order valence-corrected chi connectivity index (χ1v) is 9.40. The normalized spacial score (nSPS) is 13.1. The summed E-state index contributed by atoms with van der Waals surface area (Å²) < 4.78 is 41.1. The molecule has 2 rings (SSSR count). The summed E-state index contributed by atoms with van der Waals surface area (Å²) in [4.78, 5) is 28.6. The summed E-state index contributed by atoms with van der Waals surface area (Å²) in [6.45, 7) is 4.80. The first kappa shape index (κ1) is 23.8. The van der Waals surface area contributed by atoms with Crippen LogP contribution in [0.15, 0.2) is 35.6 Å². The monoisotopic (exact) mass is 439 g/mol. The van der Waals surface area contributed by atoms with Crippen LogP contribution in [0.3, 0.4) is 0 Å². The van der Waals surface area contributed by atoms with Crippen LogP contribution in [0.25, 0.3) is 0 Å². The molecule has 0 aliphatic rings. The Morgan fingerprint density at radius 2 is 1.97 bits per heavy atom. The number of ether oxygens (including phenoxy) is 1. The van der Waals surface area contributed by atoms with Gasteiger partial charge in [0.25, 0.3) is 5.91 Å². The predicted octanol–water partition coefficient (Wildman–Crippen LogP) is 2.69. The molecule has 0 aromatic carbocycles. The standard InChI is InChI=1S/C19H24F3N7O2/c1-11(2)8-26-17(23)29-18-24-7-6-14(28-18)16(30)27-12(3)13-4-5-15(25-9-13)31-10-19(20,21)22/h4-7,9,11-12H,8,10H2,1-3H3,(H,27,30)(H3,23,24,26,28,29). The predicted molar refractivity (Wildman–Crippen MR) is 109 cm³/mol. The number of halogens is 3. The maximum absolute atomic E-state index is 12.5. The summed E-state index contributed by atoms with van der Waals surface area (Å²) in [5, 5.41) is 5.46. The maximum atomic E-state index is 12.5. The number of anilines is 1. The van der Waals surface area contributed by atoms with E-state index in [4.69, 9.17) is 5.73 Å². The number of aliphatic imine (C=N–C) groups is 1. The van der Waals surface area contributed by atoms with Gasteiger partial charge >= 0.3 is 6.18 Å². The molecular formula is C19H24F3N7O2. The lowest BCUT2D eigenvalue weighted by molar-refractivity contribution is -0.154. The number of alkyl halides is 3. The Hall–Kier alpha value is -3.44. The smallest absolute Gasteiger partial charge is 0.422 e. The number of nitrogens with zero attached hydrogens (tertiary/aromatic N) is 4. The Morgan fingerprint density at radius 1 is 1.23 bits per heavy atom. The molecule has 9 nitrogen and oxygen atoms in total. The van der Waals surface area contributed by atoms with E-state index in [9.17, 15) is 18.0 Å². The van der Waals surface area contributed by atoms with Gasteiger partial charge in [0.2, 0.25) is 11.8 Å². The Kier molecular flexibility index (Phi) is 8.11. The highest BCUT2D eigenvalue weighted by Crippen LogP contribution is 2.19. The maximum Gasteiger partial charge on any atom is 0.422 e. The van der Waals surface area contributed by atoms with E-state index in [2.05, 4.69) is 35.3 Å². The van der Waals surface area contributed by atoms with E-state index in [1.54, 1.807) is 6.92 Å². The number of carbonyl (C=O) groups excluding carboxylic acids is 1. The van der Waals surface area contributed by atoms with E-state index < -0.39 is 24.7 Å². The lowest BCUT2D eigenvalue weighted by atomic mass is 10.1. The molecule has 0 radical (unpaired) electrons. The molecule has 0 saturated carbocycles. The number of amides is 1. The molecule has 2 aromatic rings. The summed E-state index contributed by atoms with van der Waals surface area (Å²) in [6.07, 6.45) is -1.72. The second-order valence-corrected chi connectivity index (χ2v) is 7.04. The van der Waals surface area contributed by atoms with E-state index in [1.807, 2.05) is 13.8 Å². The average molecular weight is 439 g/mol. The third kappa shape index (κ3) is 8.44. The fraction of sp³-hybridized carbons (Fsp3) is 0.421. The van der Waals surface area contributed by atoms with Crippen molar-refractivity contribution < 1.29 is 22.7 Å². The molecule has 1 atom stereocenters. The number of guanidine groups is 1. The van der Waals surface area contributed by atoms with Gasteiger partial charge in [0.15, 0.2) is 12.6 Å². The van der Waals surface area contributed by atoms with Crippen molar-refractivity contribution in [3.8, 4) is 5.88 Å². The number of hydrogen-bond donors (Lipinski definition) is 3. The number of hydrogen-bond acceptors (Lipinski definition) is 6. The molecule has 0 aliphatic heterocycles. The third-order valence-corrected chi connectivity index (χ3v) is 3.75. The number of nitrogens with two attached hydrogens (primary N) is 1. The van der Waals surface area contributed by atoms with Crippen LogP contribution in [-0.2, 0) is 0 Å². The highest BCUT2D eigenvalue weighted by atomic mass is 19.4. The zero-order chi connectivity index (χ0) is 23.0. The Bertz CT molecular complexity index is 902. The van der Waals surface area contributed by atoms with Gasteiger partial charge in [0.1, 0.15) is 5.69 Å². The summed E-state index contributed by atoms with van der Waals surface area (Å²) >= 11 is 0. The minimum atomic E-state index is -4.45. The van der Waals surface area contributed by atoms with Crippen molar-refractivity contribution >= 4 is 17.8 Å². The van der Waals surface area contributed by atoms with Crippen LogP contribution < -0.4 is 21.1 Å². The number of aromatic nitrogens is 3. The van der Waals surface area contributed by atoms with E-state index >= 15 is 0 Å². The zero-order valence-corrected chi connectivity index (χ0v) is 17.3. The first-order chi connectivity index (χ1) is 14.5. The molecule has 0 spiro atoms. The molecule has 0 aliphatic carbocycles. The quantitative estimate of drug-likeness (QED) is 0.426. The Balaban J connectivity index is 1.97. The summed E-state index contributed by atoms with van der Waals surface area (Å²) in [6, 6.07) is 3.76. The van der Waals surface area contributed by atoms with Crippen LogP contribution in [-0.4, -0.2) is 46.1 Å². The van der Waals surface area contributed by atoms with Gasteiger partial charge in [-0.05, 0) is 24.5 Å². The second kappa shape index (κ2) is 10.5. The summed E-state index contributed by atoms with van der Waals surface area (Å²) in [5.41, 5.74) is 6.44. The molecular weight excluding hydrogens is 415 g/mol. The number of carbonyl (C=O) groups is 1. The minimum Gasteiger partial charge on any atom is -0.468 e. The summed E-state index contributed by atoms with van der Waals surface area (Å²) in [5.74, 6) is -0.0489. The molecule has 168 valence electrons. The van der Waals surface area contributed by atoms with Crippen molar-refractivity contribution in [2.45, 2.75) is 33.0 Å². The topological polar surface area (TPSA) is 127 Å². The van der Waals surface area contributed by atoms with Gasteiger partial charge in [-0.25, -0.2) is 15.0 Å². The summed E-state index contributed by atoms with van der Waals surface area (Å²) in [7, 11) is 0. The molecule has 0 saturated heterocycles. The van der Waals surface area contributed by atoms with Gasteiger partial charge in [-0.1, -0.05) is 19.9 Å². The lowest BCUT2D eigenvalue weighted by Gasteiger charge is -2.15. The van der Waals surface area contributed by atoms with Crippen molar-refractivity contribution in [1.29, 1.82) is 0 Å². The van der Waals surface area contributed by atoms with Gasteiger partial charge in [-0.15, -0.1) is 0 Å². The highest BCUT2D eigenvalue weighted by Gasteiger charge is 2.28. The van der Waals surface area contributed by atoms with E-state index in [0.29, 0.717) is 18.0 Å².